The smallest absolute Gasteiger partial charge is 0.366 e. The second-order valence-corrected chi connectivity index (χ2v) is 3.45. The Balaban J connectivity index is 2.49. The highest BCUT2D eigenvalue weighted by molar-refractivity contribution is 8.00. The molecule has 0 aromatic heterocycles. The number of aliphatic hydroxyl groups is 1. The predicted octanol–water partition coefficient (Wildman–Crippen LogP) is 0.534. The molecule has 0 saturated heterocycles. The number of carbonyl (C=O) groups is 1. The van der Waals surface area contributed by atoms with Gasteiger partial charge in [0.1, 0.15) is 0 Å². The summed E-state index contributed by atoms with van der Waals surface area (Å²) in [5.74, 6) is -0.957. The van der Waals surface area contributed by atoms with Crippen molar-refractivity contribution in [3.63, 3.8) is 0 Å². The standard InChI is InChI=1S/C8H9NO4S/c10-7(13-9-12)8(11)14-6-4-2-1-3-5-6/h1-5,8-9,11-12H. The SMILES string of the molecule is O=C(ONO)C(O)Sc1ccccc1. The van der Waals surface area contributed by atoms with Crippen molar-refractivity contribution >= 4 is 17.7 Å². The number of hydrogen-bond donors (Lipinski definition) is 3. The predicted molar refractivity (Wildman–Crippen MR) is 49.3 cm³/mol. The molecule has 0 saturated carbocycles. The van der Waals surface area contributed by atoms with Gasteiger partial charge in [-0.25, -0.2) is 4.79 Å². The zero-order valence-electron chi connectivity index (χ0n) is 7.08. The van der Waals surface area contributed by atoms with Gasteiger partial charge in [-0.05, 0) is 17.8 Å². The second kappa shape index (κ2) is 5.61. The van der Waals surface area contributed by atoms with Crippen LogP contribution in [0.3, 0.4) is 0 Å². The summed E-state index contributed by atoms with van der Waals surface area (Å²) in [4.78, 5) is 15.5. The van der Waals surface area contributed by atoms with Crippen molar-refractivity contribution in [2.45, 2.75) is 10.3 Å². The van der Waals surface area contributed by atoms with Crippen molar-refractivity contribution in [2.24, 2.45) is 0 Å². The lowest BCUT2D eigenvalue weighted by atomic mass is 10.4. The van der Waals surface area contributed by atoms with Gasteiger partial charge < -0.3 is 9.94 Å². The van der Waals surface area contributed by atoms with E-state index >= 15 is 0 Å². The molecule has 76 valence electrons. The molecular weight excluding hydrogens is 206 g/mol. The minimum absolute atomic E-state index is 0.731. The Hall–Kier alpha value is -1.08. The van der Waals surface area contributed by atoms with E-state index in [1.54, 1.807) is 24.3 Å². The lowest BCUT2D eigenvalue weighted by Gasteiger charge is -2.07. The molecule has 0 aliphatic heterocycles. The molecule has 1 rings (SSSR count). The van der Waals surface area contributed by atoms with E-state index in [4.69, 9.17) is 5.21 Å². The third kappa shape index (κ3) is 3.35. The molecule has 0 heterocycles. The van der Waals surface area contributed by atoms with E-state index in [1.165, 1.54) is 5.64 Å². The molecule has 1 atom stereocenters. The first kappa shape index (κ1) is 11.0. The zero-order valence-corrected chi connectivity index (χ0v) is 7.90. The zero-order chi connectivity index (χ0) is 10.4. The Morgan fingerprint density at radius 3 is 2.64 bits per heavy atom. The highest BCUT2D eigenvalue weighted by atomic mass is 32.2. The first-order valence-corrected chi connectivity index (χ1v) is 4.61. The Morgan fingerprint density at radius 1 is 1.43 bits per heavy atom. The van der Waals surface area contributed by atoms with Crippen LogP contribution < -0.4 is 5.64 Å². The number of nitrogens with one attached hydrogen (secondary N) is 1. The van der Waals surface area contributed by atoms with E-state index in [0.29, 0.717) is 0 Å². The number of thioether (sulfide) groups is 1. The lowest BCUT2D eigenvalue weighted by Crippen LogP contribution is -2.25. The van der Waals surface area contributed by atoms with Gasteiger partial charge in [-0.2, -0.15) is 0 Å². The Kier molecular flexibility index (Phi) is 4.41. The number of benzene rings is 1. The van der Waals surface area contributed by atoms with Crippen LogP contribution in [0.2, 0.25) is 0 Å². The number of rotatable bonds is 4. The maximum Gasteiger partial charge on any atom is 0.366 e. The number of carbonyl (C=O) groups excluding carboxylic acids is 1. The fraction of sp³-hybridized carbons (Fsp3) is 0.125. The van der Waals surface area contributed by atoms with Crippen molar-refractivity contribution in [1.29, 1.82) is 0 Å². The van der Waals surface area contributed by atoms with Gasteiger partial charge in [0.2, 0.25) is 5.44 Å². The van der Waals surface area contributed by atoms with Crippen LogP contribution in [0.1, 0.15) is 0 Å². The van der Waals surface area contributed by atoms with Crippen molar-refractivity contribution in [2.75, 3.05) is 0 Å². The quantitative estimate of drug-likeness (QED) is 0.386. The van der Waals surface area contributed by atoms with Gasteiger partial charge in [0.15, 0.2) is 0 Å². The van der Waals surface area contributed by atoms with E-state index in [2.05, 4.69) is 4.84 Å². The van der Waals surface area contributed by atoms with E-state index in [-0.39, 0.29) is 0 Å². The molecule has 5 nitrogen and oxygen atoms in total. The molecule has 0 spiro atoms. The molecule has 3 N–H and O–H groups in total. The minimum atomic E-state index is -1.36. The Morgan fingerprint density at radius 2 is 2.07 bits per heavy atom. The summed E-state index contributed by atoms with van der Waals surface area (Å²) in [6.45, 7) is 0. The van der Waals surface area contributed by atoms with Gasteiger partial charge in [0.05, 0.1) is 0 Å². The first-order valence-electron chi connectivity index (χ1n) is 3.73. The summed E-state index contributed by atoms with van der Waals surface area (Å²) < 4.78 is 0. The fourth-order valence-corrected chi connectivity index (χ4v) is 1.49. The maximum absolute atomic E-state index is 10.8. The lowest BCUT2D eigenvalue weighted by molar-refractivity contribution is -0.181. The van der Waals surface area contributed by atoms with E-state index in [0.717, 1.165) is 16.7 Å². The molecule has 1 aromatic carbocycles. The third-order valence-electron chi connectivity index (χ3n) is 1.34. The Labute approximate surface area is 84.6 Å². The van der Waals surface area contributed by atoms with E-state index < -0.39 is 11.4 Å². The maximum atomic E-state index is 10.8. The molecule has 0 fully saturated rings. The highest BCUT2D eigenvalue weighted by Gasteiger charge is 2.17. The van der Waals surface area contributed by atoms with Gasteiger partial charge in [-0.3, -0.25) is 5.21 Å². The largest absolute Gasteiger partial charge is 0.372 e. The van der Waals surface area contributed by atoms with E-state index in [1.807, 2.05) is 6.07 Å². The van der Waals surface area contributed by atoms with Crippen molar-refractivity contribution in [1.82, 2.24) is 5.64 Å². The second-order valence-electron chi connectivity index (χ2n) is 2.30. The highest BCUT2D eigenvalue weighted by Crippen LogP contribution is 2.21. The summed E-state index contributed by atoms with van der Waals surface area (Å²) in [6.07, 6.45) is 0. The van der Waals surface area contributed by atoms with Crippen molar-refractivity contribution < 1.29 is 19.9 Å². The van der Waals surface area contributed by atoms with Crippen LogP contribution in [0.15, 0.2) is 35.2 Å². The van der Waals surface area contributed by atoms with Crippen LogP contribution in [0.25, 0.3) is 0 Å². The number of hydrogen-bond acceptors (Lipinski definition) is 6. The summed E-state index contributed by atoms with van der Waals surface area (Å²) in [5, 5.41) is 17.3. The molecule has 0 radical (unpaired) electrons. The average molecular weight is 215 g/mol. The molecule has 0 bridgehead atoms. The molecule has 1 unspecified atom stereocenters. The first-order chi connectivity index (χ1) is 6.74. The van der Waals surface area contributed by atoms with Crippen molar-refractivity contribution in [3.8, 4) is 0 Å². The molecule has 0 aliphatic rings. The summed E-state index contributed by atoms with van der Waals surface area (Å²) in [5.41, 5.74) is -0.153. The van der Waals surface area contributed by atoms with Gasteiger partial charge in [0, 0.05) is 4.90 Å². The average Bonchev–Trinajstić information content (AvgIpc) is 2.19. The van der Waals surface area contributed by atoms with Crippen LogP contribution in [0, 0.1) is 0 Å². The van der Waals surface area contributed by atoms with E-state index in [9.17, 15) is 9.90 Å². The van der Waals surface area contributed by atoms with Gasteiger partial charge in [0.25, 0.3) is 0 Å². The van der Waals surface area contributed by atoms with Crippen LogP contribution in [0.4, 0.5) is 0 Å². The van der Waals surface area contributed by atoms with Crippen LogP contribution in [-0.2, 0) is 9.63 Å². The molecule has 1 aromatic rings. The van der Waals surface area contributed by atoms with Crippen LogP contribution in [-0.4, -0.2) is 21.7 Å². The van der Waals surface area contributed by atoms with Gasteiger partial charge >= 0.3 is 5.97 Å². The monoisotopic (exact) mass is 215 g/mol. The third-order valence-corrected chi connectivity index (χ3v) is 2.30. The molecule has 0 aliphatic carbocycles. The minimum Gasteiger partial charge on any atom is -0.372 e. The van der Waals surface area contributed by atoms with Crippen molar-refractivity contribution in [3.05, 3.63) is 30.3 Å². The number of aliphatic hydroxyl groups excluding tert-OH is 1. The summed E-state index contributed by atoms with van der Waals surface area (Å²) >= 11 is 0.922. The fourth-order valence-electron chi connectivity index (χ4n) is 0.771. The normalized spacial score (nSPS) is 12.1. The van der Waals surface area contributed by atoms with Gasteiger partial charge in [-0.15, -0.1) is 0 Å². The molecule has 0 amide bonds. The van der Waals surface area contributed by atoms with Gasteiger partial charge in [-0.1, -0.05) is 30.0 Å². The topological polar surface area (TPSA) is 78.8 Å². The Bertz CT molecular complexity index is 293. The summed E-state index contributed by atoms with van der Waals surface area (Å²) in [7, 11) is 0. The van der Waals surface area contributed by atoms with Crippen LogP contribution >= 0.6 is 11.8 Å². The molecule has 14 heavy (non-hydrogen) atoms. The van der Waals surface area contributed by atoms with Crippen LogP contribution in [0.5, 0.6) is 0 Å². The molecule has 6 heteroatoms. The summed E-state index contributed by atoms with van der Waals surface area (Å²) in [6, 6.07) is 8.88. The molecular formula is C8H9NO4S.